The first-order chi connectivity index (χ1) is 8.92. The molecule has 0 radical (unpaired) electrons. The summed E-state index contributed by atoms with van der Waals surface area (Å²) in [6.45, 7) is 2.08. The van der Waals surface area contributed by atoms with E-state index in [1.165, 1.54) is 5.56 Å². The smallest absolute Gasteiger partial charge is 0.211 e. The van der Waals surface area contributed by atoms with Crippen LogP contribution in [0.5, 0.6) is 5.88 Å². The van der Waals surface area contributed by atoms with Crippen LogP contribution in [0.4, 0.5) is 0 Å². The molecule has 1 aliphatic rings. The molecule has 0 fully saturated rings. The minimum Gasteiger partial charge on any atom is -0.475 e. The summed E-state index contributed by atoms with van der Waals surface area (Å²) in [4.78, 5) is 0. The summed E-state index contributed by atoms with van der Waals surface area (Å²) >= 11 is 0. The fourth-order valence-electron chi connectivity index (χ4n) is 2.06. The molecule has 0 bridgehead atoms. The third-order valence-electron chi connectivity index (χ3n) is 3.09. The van der Waals surface area contributed by atoms with E-state index < -0.39 is 0 Å². The monoisotopic (exact) mass is 244 g/mol. The number of hydrogen-bond donors (Lipinski definition) is 0. The lowest BCUT2D eigenvalue weighted by Crippen LogP contribution is -2.20. The highest BCUT2D eigenvalue weighted by Gasteiger charge is 2.17. The maximum Gasteiger partial charge on any atom is 0.211 e. The zero-order chi connectivity index (χ0) is 12.2. The Morgan fingerprint density at radius 3 is 3.06 bits per heavy atom. The van der Waals surface area contributed by atoms with Crippen molar-refractivity contribution in [2.45, 2.75) is 25.7 Å². The first-order valence-electron chi connectivity index (χ1n) is 6.22. The maximum atomic E-state index is 5.88. The van der Waals surface area contributed by atoms with Crippen LogP contribution in [0, 0.1) is 0 Å². The number of hydrogen-bond acceptors (Lipinski definition) is 3. The molecule has 1 unspecified atom stereocenters. The summed E-state index contributed by atoms with van der Waals surface area (Å²) in [5, 5.41) is 4.21. The molecule has 0 N–H and O–H groups in total. The molecule has 94 valence electrons. The van der Waals surface area contributed by atoms with Crippen LogP contribution >= 0.6 is 0 Å². The van der Waals surface area contributed by atoms with Crippen LogP contribution in [0.25, 0.3) is 0 Å². The number of rotatable bonds is 3. The van der Waals surface area contributed by atoms with Gasteiger partial charge in [-0.15, -0.1) is 0 Å². The zero-order valence-corrected chi connectivity index (χ0v) is 10.2. The lowest BCUT2D eigenvalue weighted by atomic mass is 10.2. The number of aryl methyl sites for hydroxylation is 1. The van der Waals surface area contributed by atoms with Gasteiger partial charge in [0.05, 0.1) is 18.9 Å². The van der Waals surface area contributed by atoms with Crippen molar-refractivity contribution in [3.8, 4) is 5.88 Å². The second-order valence-electron chi connectivity index (χ2n) is 4.41. The Labute approximate surface area is 106 Å². The second-order valence-corrected chi connectivity index (χ2v) is 4.41. The van der Waals surface area contributed by atoms with Gasteiger partial charge in [0, 0.05) is 12.6 Å². The van der Waals surface area contributed by atoms with E-state index in [2.05, 4.69) is 17.2 Å². The second kappa shape index (κ2) is 5.23. The molecule has 1 atom stereocenters. The van der Waals surface area contributed by atoms with Gasteiger partial charge < -0.3 is 9.47 Å². The van der Waals surface area contributed by atoms with Gasteiger partial charge in [-0.3, -0.25) is 0 Å². The van der Waals surface area contributed by atoms with E-state index >= 15 is 0 Å². The van der Waals surface area contributed by atoms with Crippen LogP contribution in [0.1, 0.15) is 12.0 Å². The molecule has 4 heteroatoms. The minimum absolute atomic E-state index is 0.131. The number of benzene rings is 1. The van der Waals surface area contributed by atoms with E-state index in [-0.39, 0.29) is 6.10 Å². The molecule has 0 aliphatic carbocycles. The van der Waals surface area contributed by atoms with E-state index in [0.717, 1.165) is 18.8 Å². The lowest BCUT2D eigenvalue weighted by Gasteiger charge is -2.14. The topological polar surface area (TPSA) is 36.3 Å². The van der Waals surface area contributed by atoms with Crippen molar-refractivity contribution in [3.05, 3.63) is 48.2 Å². The van der Waals surface area contributed by atoms with Crippen molar-refractivity contribution in [1.82, 2.24) is 9.78 Å². The van der Waals surface area contributed by atoms with Gasteiger partial charge in [-0.2, -0.15) is 5.10 Å². The number of nitrogens with zero attached hydrogens (tertiary/aromatic N) is 2. The lowest BCUT2D eigenvalue weighted by molar-refractivity contribution is 0.00860. The molecular formula is C14H16N2O2. The Morgan fingerprint density at radius 1 is 1.28 bits per heavy atom. The number of fused-ring (bicyclic) bond motifs is 1. The highest BCUT2D eigenvalue weighted by Crippen LogP contribution is 2.17. The van der Waals surface area contributed by atoms with Gasteiger partial charge in [-0.25, -0.2) is 4.68 Å². The predicted octanol–water partition coefficient (Wildman–Crippen LogP) is 2.25. The van der Waals surface area contributed by atoms with Crippen LogP contribution in [0.3, 0.4) is 0 Å². The van der Waals surface area contributed by atoms with E-state index in [1.54, 1.807) is 6.20 Å². The SMILES string of the molecule is c1ccc(COC2CCn3nccc3OC2)cc1. The Morgan fingerprint density at radius 2 is 2.17 bits per heavy atom. The van der Waals surface area contributed by atoms with Gasteiger partial charge in [0.15, 0.2) is 0 Å². The molecule has 0 saturated heterocycles. The molecule has 2 aromatic rings. The van der Waals surface area contributed by atoms with Crippen LogP contribution in [0.2, 0.25) is 0 Å². The quantitative estimate of drug-likeness (QED) is 0.831. The standard InChI is InChI=1S/C14H16N2O2/c1-2-4-12(5-3-1)10-17-13-7-9-16-14(18-11-13)6-8-15-16/h1-6,8,13H,7,9-11H2. The highest BCUT2D eigenvalue weighted by molar-refractivity contribution is 5.13. The van der Waals surface area contributed by atoms with Crippen molar-refractivity contribution in [2.24, 2.45) is 0 Å². The van der Waals surface area contributed by atoms with Gasteiger partial charge in [0.25, 0.3) is 0 Å². The van der Waals surface area contributed by atoms with Gasteiger partial charge in [-0.05, 0) is 12.0 Å². The van der Waals surface area contributed by atoms with Crippen molar-refractivity contribution in [2.75, 3.05) is 6.61 Å². The molecule has 0 saturated carbocycles. The van der Waals surface area contributed by atoms with Gasteiger partial charge in [-0.1, -0.05) is 30.3 Å². The molecule has 3 rings (SSSR count). The molecule has 18 heavy (non-hydrogen) atoms. The van der Waals surface area contributed by atoms with E-state index in [1.807, 2.05) is 28.9 Å². The Kier molecular flexibility index (Phi) is 3.28. The van der Waals surface area contributed by atoms with Crippen LogP contribution in [0.15, 0.2) is 42.6 Å². The van der Waals surface area contributed by atoms with Crippen molar-refractivity contribution in [1.29, 1.82) is 0 Å². The third kappa shape index (κ3) is 2.54. The average molecular weight is 244 g/mol. The van der Waals surface area contributed by atoms with Crippen molar-refractivity contribution < 1.29 is 9.47 Å². The third-order valence-corrected chi connectivity index (χ3v) is 3.09. The molecule has 0 spiro atoms. The summed E-state index contributed by atoms with van der Waals surface area (Å²) in [5.74, 6) is 0.834. The zero-order valence-electron chi connectivity index (χ0n) is 10.2. The molecular weight excluding hydrogens is 228 g/mol. The maximum absolute atomic E-state index is 5.88. The Balaban J connectivity index is 1.55. The molecule has 0 amide bonds. The fourth-order valence-corrected chi connectivity index (χ4v) is 2.06. The van der Waals surface area contributed by atoms with Crippen LogP contribution in [-0.4, -0.2) is 22.5 Å². The van der Waals surface area contributed by atoms with Crippen molar-refractivity contribution in [3.63, 3.8) is 0 Å². The first kappa shape index (κ1) is 11.3. The molecule has 4 nitrogen and oxygen atoms in total. The largest absolute Gasteiger partial charge is 0.475 e. The minimum atomic E-state index is 0.131. The summed E-state index contributed by atoms with van der Waals surface area (Å²) < 4.78 is 13.4. The Hall–Kier alpha value is -1.81. The van der Waals surface area contributed by atoms with Gasteiger partial charge in [0.2, 0.25) is 5.88 Å². The normalized spacial score (nSPS) is 18.8. The van der Waals surface area contributed by atoms with Gasteiger partial charge >= 0.3 is 0 Å². The van der Waals surface area contributed by atoms with Crippen molar-refractivity contribution >= 4 is 0 Å². The molecule has 2 heterocycles. The number of ether oxygens (including phenoxy) is 2. The van der Waals surface area contributed by atoms with Crippen LogP contribution in [-0.2, 0) is 17.9 Å². The summed E-state index contributed by atoms with van der Waals surface area (Å²) in [6, 6.07) is 12.1. The number of aromatic nitrogens is 2. The predicted molar refractivity (Wildman–Crippen MR) is 67.4 cm³/mol. The van der Waals surface area contributed by atoms with Crippen LogP contribution < -0.4 is 4.74 Å². The molecule has 1 aliphatic heterocycles. The van der Waals surface area contributed by atoms with Gasteiger partial charge in [0.1, 0.15) is 6.61 Å². The van der Waals surface area contributed by atoms with E-state index in [0.29, 0.717) is 13.2 Å². The molecule has 1 aromatic carbocycles. The average Bonchev–Trinajstić information content (AvgIpc) is 2.78. The summed E-state index contributed by atoms with van der Waals surface area (Å²) in [6.07, 6.45) is 2.83. The van der Waals surface area contributed by atoms with E-state index in [9.17, 15) is 0 Å². The summed E-state index contributed by atoms with van der Waals surface area (Å²) in [7, 11) is 0. The molecule has 1 aromatic heterocycles. The highest BCUT2D eigenvalue weighted by atomic mass is 16.5. The fraction of sp³-hybridized carbons (Fsp3) is 0.357. The Bertz CT molecular complexity index is 473. The summed E-state index contributed by atoms with van der Waals surface area (Å²) in [5.41, 5.74) is 1.19. The first-order valence-corrected chi connectivity index (χ1v) is 6.22. The van der Waals surface area contributed by atoms with E-state index in [4.69, 9.17) is 9.47 Å².